The van der Waals surface area contributed by atoms with E-state index in [1.165, 1.54) is 11.1 Å². The first-order valence-electron chi connectivity index (χ1n) is 8.16. The van der Waals surface area contributed by atoms with E-state index in [9.17, 15) is 0 Å². The highest BCUT2D eigenvalue weighted by molar-refractivity contribution is 5.81. The Balaban J connectivity index is 2.04. The molecule has 128 valence electrons. The van der Waals surface area contributed by atoms with Crippen molar-refractivity contribution in [3.05, 3.63) is 53.1 Å². The number of anilines is 1. The molecule has 0 aromatic heterocycles. The molecule has 0 heterocycles. The van der Waals surface area contributed by atoms with Crippen LogP contribution in [0.2, 0.25) is 0 Å². The van der Waals surface area contributed by atoms with E-state index in [0.717, 1.165) is 17.0 Å². The van der Waals surface area contributed by atoms with Crippen LogP contribution in [0, 0.1) is 19.8 Å². The minimum Gasteiger partial charge on any atom is -0.493 e. The summed E-state index contributed by atoms with van der Waals surface area (Å²) in [7, 11) is 1.64. The van der Waals surface area contributed by atoms with Crippen molar-refractivity contribution in [2.45, 2.75) is 27.7 Å². The van der Waals surface area contributed by atoms with Crippen molar-refractivity contribution < 1.29 is 9.47 Å². The molecule has 0 spiro atoms. The number of hydrogen-bond acceptors (Lipinski definition) is 4. The lowest BCUT2D eigenvalue weighted by Gasteiger charge is -2.12. The predicted octanol–water partition coefficient (Wildman–Crippen LogP) is 4.79. The molecule has 1 N–H and O–H groups in total. The predicted molar refractivity (Wildman–Crippen MR) is 100 cm³/mol. The Morgan fingerprint density at radius 1 is 1.04 bits per heavy atom. The van der Waals surface area contributed by atoms with Crippen molar-refractivity contribution in [3.8, 4) is 11.5 Å². The van der Waals surface area contributed by atoms with Gasteiger partial charge in [-0.05, 0) is 66.8 Å². The maximum Gasteiger partial charge on any atom is 0.161 e. The number of nitrogens with one attached hydrogen (secondary N) is 1. The highest BCUT2D eigenvalue weighted by atomic mass is 16.5. The molecule has 0 aliphatic heterocycles. The summed E-state index contributed by atoms with van der Waals surface area (Å²) >= 11 is 0. The molecule has 0 radical (unpaired) electrons. The van der Waals surface area contributed by atoms with Crippen LogP contribution in [0.1, 0.15) is 30.5 Å². The second-order valence-corrected chi connectivity index (χ2v) is 6.28. The van der Waals surface area contributed by atoms with Crippen molar-refractivity contribution in [1.29, 1.82) is 0 Å². The lowest BCUT2D eigenvalue weighted by molar-refractivity contribution is 0.257. The van der Waals surface area contributed by atoms with E-state index in [1.807, 2.05) is 24.3 Å². The minimum atomic E-state index is 0.470. The second-order valence-electron chi connectivity index (χ2n) is 6.28. The fourth-order valence-electron chi connectivity index (χ4n) is 2.13. The minimum absolute atomic E-state index is 0.470. The van der Waals surface area contributed by atoms with Crippen LogP contribution in [0.3, 0.4) is 0 Å². The number of methoxy groups -OCH3 is 1. The standard InChI is InChI=1S/C20H26N2O2/c1-14(2)13-24-19-9-7-17(11-20(19)23-5)12-21-22-18-8-6-15(3)16(4)10-18/h6-12,14,22H,13H2,1-5H3. The van der Waals surface area contributed by atoms with Crippen molar-refractivity contribution in [2.24, 2.45) is 11.0 Å². The summed E-state index contributed by atoms with van der Waals surface area (Å²) in [5.74, 6) is 1.94. The third-order valence-corrected chi connectivity index (χ3v) is 3.67. The maximum absolute atomic E-state index is 5.76. The van der Waals surface area contributed by atoms with E-state index in [-0.39, 0.29) is 0 Å². The molecule has 2 aromatic rings. The summed E-state index contributed by atoms with van der Waals surface area (Å²) in [5.41, 5.74) is 7.47. The SMILES string of the molecule is COc1cc(C=NNc2ccc(C)c(C)c2)ccc1OCC(C)C. The number of nitrogens with zero attached hydrogens (tertiary/aromatic N) is 1. The summed E-state index contributed by atoms with van der Waals surface area (Å²) < 4.78 is 11.2. The van der Waals surface area contributed by atoms with Crippen molar-refractivity contribution in [2.75, 3.05) is 19.1 Å². The van der Waals surface area contributed by atoms with Gasteiger partial charge in [0.25, 0.3) is 0 Å². The zero-order valence-corrected chi connectivity index (χ0v) is 15.1. The number of hydrazone groups is 1. The van der Waals surface area contributed by atoms with Crippen LogP contribution in [0.4, 0.5) is 5.69 Å². The molecule has 0 aliphatic carbocycles. The highest BCUT2D eigenvalue weighted by Crippen LogP contribution is 2.28. The van der Waals surface area contributed by atoms with Crippen LogP contribution in [0.25, 0.3) is 0 Å². The lowest BCUT2D eigenvalue weighted by atomic mass is 10.1. The first kappa shape index (κ1) is 17.9. The van der Waals surface area contributed by atoms with Gasteiger partial charge in [-0.3, -0.25) is 5.43 Å². The Kier molecular flexibility index (Phi) is 6.24. The summed E-state index contributed by atoms with van der Waals surface area (Å²) in [6, 6.07) is 12.0. The first-order valence-corrected chi connectivity index (χ1v) is 8.16. The van der Waals surface area contributed by atoms with Gasteiger partial charge in [0.2, 0.25) is 0 Å². The summed E-state index contributed by atoms with van der Waals surface area (Å²) in [4.78, 5) is 0. The molecule has 0 aliphatic rings. The van der Waals surface area contributed by atoms with Crippen molar-refractivity contribution in [1.82, 2.24) is 0 Å². The van der Waals surface area contributed by atoms with E-state index >= 15 is 0 Å². The highest BCUT2D eigenvalue weighted by Gasteiger charge is 2.06. The van der Waals surface area contributed by atoms with Crippen molar-refractivity contribution >= 4 is 11.9 Å². The van der Waals surface area contributed by atoms with Crippen molar-refractivity contribution in [3.63, 3.8) is 0 Å². The third kappa shape index (κ3) is 5.01. The van der Waals surface area contributed by atoms with E-state index in [1.54, 1.807) is 13.3 Å². The summed E-state index contributed by atoms with van der Waals surface area (Å²) in [6.45, 7) is 9.08. The average Bonchev–Trinajstić information content (AvgIpc) is 2.56. The number of aryl methyl sites for hydroxylation is 2. The molecule has 0 amide bonds. The Labute approximate surface area is 144 Å². The molecule has 4 nitrogen and oxygen atoms in total. The van der Waals surface area contributed by atoms with Crippen LogP contribution in [-0.4, -0.2) is 19.9 Å². The molecule has 0 fully saturated rings. The van der Waals surface area contributed by atoms with Gasteiger partial charge in [0.15, 0.2) is 11.5 Å². The van der Waals surface area contributed by atoms with Gasteiger partial charge in [0.05, 0.1) is 25.6 Å². The Morgan fingerprint density at radius 3 is 2.50 bits per heavy atom. The molecule has 4 heteroatoms. The van der Waals surface area contributed by atoms with E-state index in [4.69, 9.17) is 9.47 Å². The summed E-state index contributed by atoms with van der Waals surface area (Å²) in [6.07, 6.45) is 1.77. The molecule has 2 rings (SSSR count). The molecule has 0 unspecified atom stereocenters. The number of ether oxygens (including phenoxy) is 2. The largest absolute Gasteiger partial charge is 0.493 e. The maximum atomic E-state index is 5.76. The number of rotatable bonds is 7. The molecular weight excluding hydrogens is 300 g/mol. The van der Waals surface area contributed by atoms with Gasteiger partial charge >= 0.3 is 0 Å². The first-order chi connectivity index (χ1) is 11.5. The molecule has 0 atom stereocenters. The van der Waals surface area contributed by atoms with Gasteiger partial charge in [-0.15, -0.1) is 0 Å². The molecule has 0 bridgehead atoms. The van der Waals surface area contributed by atoms with Gasteiger partial charge < -0.3 is 9.47 Å². The normalized spacial score (nSPS) is 11.1. The molecule has 0 saturated heterocycles. The smallest absolute Gasteiger partial charge is 0.161 e. The molecule has 2 aromatic carbocycles. The average molecular weight is 326 g/mol. The lowest BCUT2D eigenvalue weighted by Crippen LogP contribution is -2.05. The fraction of sp³-hybridized carbons (Fsp3) is 0.350. The Bertz CT molecular complexity index is 709. The topological polar surface area (TPSA) is 42.8 Å². The van der Waals surface area contributed by atoms with Crippen LogP contribution >= 0.6 is 0 Å². The van der Waals surface area contributed by atoms with Gasteiger partial charge in [-0.1, -0.05) is 19.9 Å². The zero-order valence-electron chi connectivity index (χ0n) is 15.1. The number of hydrogen-bond donors (Lipinski definition) is 1. The molecule has 24 heavy (non-hydrogen) atoms. The molecular formula is C20H26N2O2. The monoisotopic (exact) mass is 326 g/mol. The van der Waals surface area contributed by atoms with E-state index in [2.05, 4.69) is 50.4 Å². The van der Waals surface area contributed by atoms with Crippen LogP contribution in [0.5, 0.6) is 11.5 Å². The quantitative estimate of drug-likeness (QED) is 0.587. The fourth-order valence-corrected chi connectivity index (χ4v) is 2.13. The van der Waals surface area contributed by atoms with Gasteiger partial charge in [0.1, 0.15) is 0 Å². The van der Waals surface area contributed by atoms with Crippen LogP contribution in [-0.2, 0) is 0 Å². The van der Waals surface area contributed by atoms with Gasteiger partial charge in [0, 0.05) is 0 Å². The number of benzene rings is 2. The van der Waals surface area contributed by atoms with Gasteiger partial charge in [-0.2, -0.15) is 5.10 Å². The van der Waals surface area contributed by atoms with E-state index < -0.39 is 0 Å². The Hall–Kier alpha value is -2.49. The zero-order chi connectivity index (χ0) is 17.5. The van der Waals surface area contributed by atoms with E-state index in [0.29, 0.717) is 18.3 Å². The molecule has 0 saturated carbocycles. The Morgan fingerprint density at radius 2 is 1.83 bits per heavy atom. The summed E-state index contributed by atoms with van der Waals surface area (Å²) in [5, 5.41) is 4.29. The van der Waals surface area contributed by atoms with Gasteiger partial charge in [-0.25, -0.2) is 0 Å². The van der Waals surface area contributed by atoms with Crippen LogP contribution in [0.15, 0.2) is 41.5 Å². The second kappa shape index (κ2) is 8.39. The third-order valence-electron chi connectivity index (χ3n) is 3.67. The van der Waals surface area contributed by atoms with Crippen LogP contribution < -0.4 is 14.9 Å².